The van der Waals surface area contributed by atoms with Gasteiger partial charge in [0.25, 0.3) is 11.5 Å². The van der Waals surface area contributed by atoms with Gasteiger partial charge in [0.2, 0.25) is 11.6 Å². The molecule has 1 aliphatic carbocycles. The van der Waals surface area contributed by atoms with Crippen molar-refractivity contribution in [3.8, 4) is 0 Å². The Bertz CT molecular complexity index is 1260. The van der Waals surface area contributed by atoms with Crippen LogP contribution in [0.25, 0.3) is 17.2 Å². The van der Waals surface area contributed by atoms with Crippen molar-refractivity contribution in [2.45, 2.75) is 31.7 Å². The molecule has 1 saturated heterocycles. The lowest BCUT2D eigenvalue weighted by atomic mass is 9.67. The predicted molar refractivity (Wildman–Crippen MR) is 114 cm³/mol. The quantitative estimate of drug-likeness (QED) is 0.499. The Balaban J connectivity index is 1.29. The second-order valence-electron chi connectivity index (χ2n) is 8.45. The Morgan fingerprint density at radius 2 is 2.16 bits per heavy atom. The van der Waals surface area contributed by atoms with Crippen molar-refractivity contribution in [1.82, 2.24) is 40.6 Å². The smallest absolute Gasteiger partial charge is 0.257 e. The average Bonchev–Trinajstić information content (AvgIpc) is 3.41. The molecule has 0 radical (unpaired) electrons. The minimum absolute atomic E-state index is 0.116. The lowest BCUT2D eigenvalue weighted by Gasteiger charge is -2.37. The van der Waals surface area contributed by atoms with Crippen LogP contribution in [0.5, 0.6) is 0 Å². The fraction of sp³-hybridized carbons (Fsp3) is 0.381. The number of aromatic nitrogens is 6. The maximum atomic E-state index is 13.3. The molecule has 2 amide bonds. The van der Waals surface area contributed by atoms with Gasteiger partial charge in [-0.15, -0.1) is 5.10 Å². The summed E-state index contributed by atoms with van der Waals surface area (Å²) in [4.78, 5) is 49.7. The van der Waals surface area contributed by atoms with Gasteiger partial charge in [0.05, 0.1) is 17.5 Å². The second kappa shape index (κ2) is 7.98. The van der Waals surface area contributed by atoms with Gasteiger partial charge in [-0.1, -0.05) is 6.42 Å². The van der Waals surface area contributed by atoms with Gasteiger partial charge in [-0.05, 0) is 36.8 Å². The minimum Gasteiger partial charge on any atom is -0.350 e. The highest BCUT2D eigenvalue weighted by molar-refractivity contribution is 5.97. The van der Waals surface area contributed by atoms with Gasteiger partial charge in [-0.3, -0.25) is 14.4 Å². The molecule has 1 spiro atoms. The van der Waals surface area contributed by atoms with Crippen molar-refractivity contribution in [2.24, 2.45) is 5.41 Å². The molecule has 11 heteroatoms. The van der Waals surface area contributed by atoms with Gasteiger partial charge in [-0.25, -0.2) is 9.97 Å². The number of amides is 2. The number of nitrogens with one attached hydrogen (secondary N) is 3. The molecule has 2 aliphatic rings. The number of rotatable bonds is 5. The zero-order valence-corrected chi connectivity index (χ0v) is 17.2. The lowest BCUT2D eigenvalue weighted by Crippen LogP contribution is -2.43. The molecule has 1 unspecified atom stereocenters. The number of hydrogen-bond donors (Lipinski definition) is 3. The van der Waals surface area contributed by atoms with Crippen LogP contribution in [0.15, 0.2) is 35.7 Å². The van der Waals surface area contributed by atoms with Crippen LogP contribution in [0, 0.1) is 5.41 Å². The summed E-state index contributed by atoms with van der Waals surface area (Å²) < 4.78 is 0. The van der Waals surface area contributed by atoms with E-state index in [4.69, 9.17) is 0 Å². The second-order valence-corrected chi connectivity index (χ2v) is 8.45. The number of likely N-dealkylation sites (tertiary alicyclic amines) is 1. The summed E-state index contributed by atoms with van der Waals surface area (Å²) in [5.41, 5.74) is 1.56. The van der Waals surface area contributed by atoms with E-state index in [1.165, 1.54) is 30.9 Å². The molecule has 0 aromatic carbocycles. The van der Waals surface area contributed by atoms with E-state index in [1.807, 2.05) is 4.90 Å². The number of carbonyl (C=O) groups excluding carboxylic acids is 2. The SMILES string of the molecule is O=C(/C=C/c1cnc[nH]c1=O)NCC1CC2(CCC2)CN1C(=O)c1cnc2n[nH]nc2c1. The zero-order chi connectivity index (χ0) is 22.1. The largest absolute Gasteiger partial charge is 0.350 e. The molecule has 1 atom stereocenters. The molecule has 1 aliphatic heterocycles. The molecule has 5 rings (SSSR count). The minimum atomic E-state index is -0.333. The molecular formula is C21H22N8O3. The van der Waals surface area contributed by atoms with Gasteiger partial charge < -0.3 is 15.2 Å². The molecule has 3 aromatic rings. The maximum Gasteiger partial charge on any atom is 0.257 e. The van der Waals surface area contributed by atoms with Crippen molar-refractivity contribution in [3.63, 3.8) is 0 Å². The standard InChI is InChI=1S/C21H22N8O3/c30-17(3-2-13-8-22-12-25-19(13)31)23-10-15-7-21(4-1-5-21)11-29(15)20(32)14-6-16-18(24-9-14)27-28-26-16/h2-3,6,8-9,12,15H,1,4-5,7,10-11H2,(H,23,30)(H,22,25,31)(H,24,26,27,28)/b3-2+. The number of pyridine rings is 1. The Morgan fingerprint density at radius 1 is 1.28 bits per heavy atom. The van der Waals surface area contributed by atoms with Crippen molar-refractivity contribution < 1.29 is 9.59 Å². The van der Waals surface area contributed by atoms with Gasteiger partial charge in [0, 0.05) is 37.6 Å². The molecular weight excluding hydrogens is 412 g/mol. The molecule has 1 saturated carbocycles. The Kier molecular flexibility index (Phi) is 5.00. The van der Waals surface area contributed by atoms with Crippen LogP contribution >= 0.6 is 0 Å². The fourth-order valence-electron chi connectivity index (χ4n) is 4.56. The van der Waals surface area contributed by atoms with E-state index in [0.29, 0.717) is 35.4 Å². The molecule has 164 valence electrons. The van der Waals surface area contributed by atoms with Crippen LogP contribution in [-0.4, -0.2) is 66.2 Å². The Hall–Kier alpha value is -3.89. The van der Waals surface area contributed by atoms with Crippen molar-refractivity contribution >= 4 is 29.1 Å². The number of aromatic amines is 2. The van der Waals surface area contributed by atoms with E-state index in [2.05, 4.69) is 35.7 Å². The third-order valence-corrected chi connectivity index (χ3v) is 6.38. The Morgan fingerprint density at radius 3 is 2.94 bits per heavy atom. The number of nitrogens with zero attached hydrogens (tertiary/aromatic N) is 5. The van der Waals surface area contributed by atoms with Crippen molar-refractivity contribution in [3.05, 3.63) is 52.3 Å². The first-order valence-corrected chi connectivity index (χ1v) is 10.5. The van der Waals surface area contributed by atoms with E-state index < -0.39 is 0 Å². The van der Waals surface area contributed by atoms with Crippen LogP contribution in [0.3, 0.4) is 0 Å². The highest BCUT2D eigenvalue weighted by atomic mass is 16.2. The van der Waals surface area contributed by atoms with E-state index in [0.717, 1.165) is 25.7 Å². The first kappa shape index (κ1) is 20.0. The summed E-state index contributed by atoms with van der Waals surface area (Å²) in [6.45, 7) is 1.00. The summed E-state index contributed by atoms with van der Waals surface area (Å²) in [7, 11) is 0. The van der Waals surface area contributed by atoms with Gasteiger partial charge in [-0.2, -0.15) is 10.3 Å². The van der Waals surface area contributed by atoms with Crippen molar-refractivity contribution in [1.29, 1.82) is 0 Å². The van der Waals surface area contributed by atoms with Gasteiger partial charge >= 0.3 is 0 Å². The summed E-state index contributed by atoms with van der Waals surface area (Å²) in [5.74, 6) is -0.455. The molecule has 0 bridgehead atoms. The van der Waals surface area contributed by atoms with Crippen molar-refractivity contribution in [2.75, 3.05) is 13.1 Å². The van der Waals surface area contributed by atoms with E-state index >= 15 is 0 Å². The summed E-state index contributed by atoms with van der Waals surface area (Å²) >= 11 is 0. The number of H-pyrrole nitrogens is 2. The van der Waals surface area contributed by atoms with E-state index in [1.54, 1.807) is 6.07 Å². The monoisotopic (exact) mass is 434 g/mol. The fourth-order valence-corrected chi connectivity index (χ4v) is 4.56. The van der Waals surface area contributed by atoms with Crippen LogP contribution in [0.1, 0.15) is 41.6 Å². The molecule has 3 N–H and O–H groups in total. The molecule has 32 heavy (non-hydrogen) atoms. The molecule has 3 aromatic heterocycles. The average molecular weight is 434 g/mol. The molecule has 4 heterocycles. The van der Waals surface area contributed by atoms with Crippen LogP contribution < -0.4 is 10.9 Å². The summed E-state index contributed by atoms with van der Waals surface area (Å²) in [6, 6.07) is 1.57. The summed E-state index contributed by atoms with van der Waals surface area (Å²) in [5, 5.41) is 13.3. The first-order valence-electron chi connectivity index (χ1n) is 10.5. The summed E-state index contributed by atoms with van der Waals surface area (Å²) in [6.07, 6.45) is 11.1. The normalized spacial score (nSPS) is 19.5. The van der Waals surface area contributed by atoms with Crippen LogP contribution in [-0.2, 0) is 4.79 Å². The number of fused-ring (bicyclic) bond motifs is 1. The number of carbonyl (C=O) groups is 2. The van der Waals surface area contributed by atoms with E-state index in [-0.39, 0.29) is 28.8 Å². The zero-order valence-electron chi connectivity index (χ0n) is 17.2. The molecule has 11 nitrogen and oxygen atoms in total. The topological polar surface area (TPSA) is 150 Å². The Labute approximate surface area is 182 Å². The lowest BCUT2D eigenvalue weighted by molar-refractivity contribution is -0.116. The van der Waals surface area contributed by atoms with Gasteiger partial charge in [0.15, 0.2) is 0 Å². The van der Waals surface area contributed by atoms with Crippen LogP contribution in [0.4, 0.5) is 0 Å². The third kappa shape index (κ3) is 3.77. The first-order chi connectivity index (χ1) is 15.5. The van der Waals surface area contributed by atoms with E-state index in [9.17, 15) is 14.4 Å². The highest BCUT2D eigenvalue weighted by Crippen LogP contribution is 2.50. The predicted octanol–water partition coefficient (Wildman–Crippen LogP) is 0.651. The van der Waals surface area contributed by atoms with Gasteiger partial charge in [0.1, 0.15) is 5.52 Å². The maximum absolute atomic E-state index is 13.3. The third-order valence-electron chi connectivity index (χ3n) is 6.38. The molecule has 2 fully saturated rings. The number of hydrogen-bond acceptors (Lipinski definition) is 7. The van der Waals surface area contributed by atoms with Crippen LogP contribution in [0.2, 0.25) is 0 Å². The highest BCUT2D eigenvalue weighted by Gasteiger charge is 2.49.